The molecule has 8 nitrogen and oxygen atoms in total. The van der Waals surface area contributed by atoms with Gasteiger partial charge in [0, 0.05) is 24.4 Å². The van der Waals surface area contributed by atoms with Gasteiger partial charge in [0.15, 0.2) is 0 Å². The maximum absolute atomic E-state index is 11.8. The molecule has 4 heterocycles. The van der Waals surface area contributed by atoms with Crippen LogP contribution in [0.25, 0.3) is 0 Å². The third-order valence-electron chi connectivity index (χ3n) is 7.06. The highest BCUT2D eigenvalue weighted by molar-refractivity contribution is 8.00. The van der Waals surface area contributed by atoms with E-state index >= 15 is 0 Å². The minimum atomic E-state index is -0.948. The number of aliphatic hydroxyl groups is 1. The van der Waals surface area contributed by atoms with E-state index in [4.69, 9.17) is 15.1 Å². The molecule has 1 spiro atoms. The number of H-pyrrole nitrogens is 1. The topological polar surface area (TPSA) is 110 Å². The molecule has 174 valence electrons. The number of thioether (sulfide) groups is 1. The van der Waals surface area contributed by atoms with Crippen molar-refractivity contribution in [3.63, 3.8) is 0 Å². The minimum absolute atomic E-state index is 0. The van der Waals surface area contributed by atoms with Crippen LogP contribution in [0.3, 0.4) is 0 Å². The van der Waals surface area contributed by atoms with Gasteiger partial charge in [-0.15, -0.1) is 0 Å². The van der Waals surface area contributed by atoms with Crippen LogP contribution in [0.5, 0.6) is 0 Å². The highest BCUT2D eigenvalue weighted by atomic mass is 32.2. The van der Waals surface area contributed by atoms with Crippen LogP contribution in [0, 0.1) is 10.8 Å². The lowest BCUT2D eigenvalue weighted by Crippen LogP contribution is -2.46. The van der Waals surface area contributed by atoms with Gasteiger partial charge in [0.1, 0.15) is 17.5 Å². The van der Waals surface area contributed by atoms with Crippen LogP contribution in [0.1, 0.15) is 51.2 Å². The number of anilines is 3. The van der Waals surface area contributed by atoms with Crippen LogP contribution < -0.4 is 10.2 Å². The van der Waals surface area contributed by atoms with Crippen molar-refractivity contribution in [2.75, 3.05) is 41.5 Å². The molecule has 5 rings (SSSR count). The fraction of sp³-hybridized carbons (Fsp3) is 0.609. The molecule has 0 radical (unpaired) electrons. The zero-order valence-corrected chi connectivity index (χ0v) is 18.7. The summed E-state index contributed by atoms with van der Waals surface area (Å²) in [6, 6.07) is 4.02. The quantitative estimate of drug-likeness (QED) is 0.503. The molecule has 4 N–H and O–H groups in total. The summed E-state index contributed by atoms with van der Waals surface area (Å²) in [5.41, 5.74) is 0.902. The Morgan fingerprint density at radius 2 is 2.12 bits per heavy atom. The normalized spacial score (nSPS) is 23.8. The Morgan fingerprint density at radius 3 is 2.72 bits per heavy atom. The fourth-order valence-corrected chi connectivity index (χ4v) is 6.34. The van der Waals surface area contributed by atoms with Gasteiger partial charge < -0.3 is 25.5 Å². The van der Waals surface area contributed by atoms with Gasteiger partial charge in [0.05, 0.1) is 31.1 Å². The number of hydrogen-bond acceptors (Lipinski definition) is 8. The van der Waals surface area contributed by atoms with Crippen LogP contribution in [0.4, 0.5) is 17.5 Å². The van der Waals surface area contributed by atoms with Crippen molar-refractivity contribution in [1.82, 2.24) is 15.2 Å². The maximum atomic E-state index is 11.8. The third-order valence-corrected chi connectivity index (χ3v) is 8.69. The molecule has 9 heteroatoms. The van der Waals surface area contributed by atoms with E-state index in [9.17, 15) is 5.11 Å². The summed E-state index contributed by atoms with van der Waals surface area (Å²) in [6.45, 7) is 4.18. The van der Waals surface area contributed by atoms with Crippen molar-refractivity contribution >= 4 is 35.4 Å². The lowest BCUT2D eigenvalue weighted by atomic mass is 9.67. The number of morpholine rings is 1. The SMILES string of the molecule is C.CC1COCCN1c1cc(C2(O)CCC3(CC2)CSC3)c(C=N)c(Nc2ccn[nH]2)n1. The van der Waals surface area contributed by atoms with Crippen molar-refractivity contribution in [3.05, 3.63) is 29.5 Å². The molecule has 1 saturated carbocycles. The first-order valence-electron chi connectivity index (χ1n) is 11.0. The Morgan fingerprint density at radius 1 is 1.34 bits per heavy atom. The van der Waals surface area contributed by atoms with Crippen LogP contribution in [0.2, 0.25) is 0 Å². The molecule has 1 unspecified atom stereocenters. The fourth-order valence-electron chi connectivity index (χ4n) is 4.98. The van der Waals surface area contributed by atoms with E-state index < -0.39 is 5.60 Å². The second kappa shape index (κ2) is 9.03. The Hall–Kier alpha value is -2.10. The lowest BCUT2D eigenvalue weighted by molar-refractivity contribution is -0.0308. The second-order valence-electron chi connectivity index (χ2n) is 9.17. The van der Waals surface area contributed by atoms with Gasteiger partial charge >= 0.3 is 0 Å². The van der Waals surface area contributed by atoms with Crippen molar-refractivity contribution in [2.45, 2.75) is 51.7 Å². The van der Waals surface area contributed by atoms with E-state index in [1.165, 1.54) is 17.7 Å². The third kappa shape index (κ3) is 4.13. The smallest absolute Gasteiger partial charge is 0.143 e. The summed E-state index contributed by atoms with van der Waals surface area (Å²) in [7, 11) is 0. The van der Waals surface area contributed by atoms with Crippen molar-refractivity contribution in [3.8, 4) is 0 Å². The van der Waals surface area contributed by atoms with Crippen molar-refractivity contribution in [2.24, 2.45) is 5.41 Å². The largest absolute Gasteiger partial charge is 0.385 e. The molecule has 32 heavy (non-hydrogen) atoms. The van der Waals surface area contributed by atoms with Gasteiger partial charge in [-0.05, 0) is 61.2 Å². The summed E-state index contributed by atoms with van der Waals surface area (Å²) < 4.78 is 5.62. The van der Waals surface area contributed by atoms with Gasteiger partial charge in [-0.3, -0.25) is 5.10 Å². The number of nitrogens with one attached hydrogen (secondary N) is 3. The number of aromatic nitrogens is 3. The molecule has 0 bridgehead atoms. The van der Waals surface area contributed by atoms with Crippen molar-refractivity contribution < 1.29 is 9.84 Å². The van der Waals surface area contributed by atoms with Crippen LogP contribution in [-0.2, 0) is 10.3 Å². The summed E-state index contributed by atoms with van der Waals surface area (Å²) >= 11 is 2.01. The highest BCUT2D eigenvalue weighted by Crippen LogP contribution is 2.54. The molecule has 2 aliphatic heterocycles. The number of aromatic amines is 1. The molecule has 3 aliphatic rings. The van der Waals surface area contributed by atoms with E-state index in [1.807, 2.05) is 23.9 Å². The van der Waals surface area contributed by atoms with E-state index in [1.54, 1.807) is 6.20 Å². The molecule has 2 aromatic heterocycles. The number of nitrogens with zero attached hydrogens (tertiary/aromatic N) is 3. The van der Waals surface area contributed by atoms with E-state index in [2.05, 4.69) is 27.3 Å². The Balaban J connectivity index is 0.00000245. The summed E-state index contributed by atoms with van der Waals surface area (Å²) in [6.07, 6.45) is 6.49. The Kier molecular flexibility index (Phi) is 6.51. The first-order chi connectivity index (χ1) is 15.0. The number of ether oxygens (including phenoxy) is 1. The van der Waals surface area contributed by atoms with Gasteiger partial charge in [-0.1, -0.05) is 7.43 Å². The average Bonchev–Trinajstić information content (AvgIpc) is 3.26. The molecule has 3 fully saturated rings. The molecule has 2 saturated heterocycles. The van der Waals surface area contributed by atoms with Gasteiger partial charge in [0.25, 0.3) is 0 Å². The number of pyridine rings is 1. The van der Waals surface area contributed by atoms with Crippen molar-refractivity contribution in [1.29, 1.82) is 5.41 Å². The highest BCUT2D eigenvalue weighted by Gasteiger charge is 2.47. The lowest BCUT2D eigenvalue weighted by Gasteiger charge is -2.49. The zero-order chi connectivity index (χ0) is 21.5. The zero-order valence-electron chi connectivity index (χ0n) is 17.9. The molecule has 1 aliphatic carbocycles. The molecular formula is C23H34N6O2S. The molecule has 0 amide bonds. The molecule has 2 aromatic rings. The Bertz CT molecular complexity index is 936. The molecule has 0 aromatic carbocycles. The van der Waals surface area contributed by atoms with Gasteiger partial charge in [0.2, 0.25) is 0 Å². The maximum Gasteiger partial charge on any atom is 0.143 e. The van der Waals surface area contributed by atoms with Crippen LogP contribution in [0.15, 0.2) is 18.3 Å². The van der Waals surface area contributed by atoms with Crippen LogP contribution in [-0.4, -0.2) is 63.8 Å². The molecule has 1 atom stereocenters. The first-order valence-corrected chi connectivity index (χ1v) is 12.1. The standard InChI is InChI=1S/C22H30N6O2S.CH4/c1-15-12-30-9-8-28(15)19-10-17(22(29)5-3-21(4-6-22)13-31-14-21)16(11-23)20(26-19)25-18-2-7-24-27-18;/h2,7,10-11,15,23,29H,3-6,8-9,12-14H2,1H3,(H2,24,25,26,27);1H4. The van der Waals surface area contributed by atoms with E-state index in [0.717, 1.165) is 43.6 Å². The van der Waals surface area contributed by atoms with Gasteiger partial charge in [-0.2, -0.15) is 16.9 Å². The van der Waals surface area contributed by atoms with Gasteiger partial charge in [-0.25, -0.2) is 4.98 Å². The summed E-state index contributed by atoms with van der Waals surface area (Å²) in [5.74, 6) is 4.50. The minimum Gasteiger partial charge on any atom is -0.385 e. The summed E-state index contributed by atoms with van der Waals surface area (Å²) in [4.78, 5) is 7.11. The van der Waals surface area contributed by atoms with E-state index in [-0.39, 0.29) is 13.5 Å². The predicted octanol–water partition coefficient (Wildman–Crippen LogP) is 3.90. The Labute approximate surface area is 194 Å². The molecular weight excluding hydrogens is 424 g/mol. The number of hydrogen-bond donors (Lipinski definition) is 4. The average molecular weight is 459 g/mol. The van der Waals surface area contributed by atoms with E-state index in [0.29, 0.717) is 35.8 Å². The summed E-state index contributed by atoms with van der Waals surface area (Å²) in [5, 5.41) is 30.2. The first kappa shape index (κ1) is 23.1. The monoisotopic (exact) mass is 458 g/mol. The second-order valence-corrected chi connectivity index (χ2v) is 10.2. The number of rotatable bonds is 5. The van der Waals surface area contributed by atoms with Crippen LogP contribution >= 0.6 is 11.8 Å². The predicted molar refractivity (Wildman–Crippen MR) is 130 cm³/mol.